The third-order valence-corrected chi connectivity index (χ3v) is 3.54. The number of rotatable bonds is 4. The van der Waals surface area contributed by atoms with Gasteiger partial charge in [0, 0.05) is 5.69 Å². The summed E-state index contributed by atoms with van der Waals surface area (Å²) in [6.45, 7) is 5.23. The van der Waals surface area contributed by atoms with Gasteiger partial charge >= 0.3 is 0 Å². The van der Waals surface area contributed by atoms with Crippen LogP contribution < -0.4 is 5.32 Å². The molecule has 0 unspecified atom stereocenters. The zero-order valence-electron chi connectivity index (χ0n) is 10.5. The number of carbonyl (C=O) groups excluding carboxylic acids is 1. The Balaban J connectivity index is 2.02. The van der Waals surface area contributed by atoms with Crippen molar-refractivity contribution in [1.29, 1.82) is 0 Å². The average Bonchev–Trinajstić information content (AvgIpc) is 2.29. The van der Waals surface area contributed by atoms with Crippen LogP contribution >= 0.6 is 0 Å². The predicted octanol–water partition coefficient (Wildman–Crippen LogP) is 2.61. The van der Waals surface area contributed by atoms with Crippen molar-refractivity contribution in [3.8, 4) is 0 Å². The number of aryl methyl sites for hydroxylation is 1. The monoisotopic (exact) mass is 233 g/mol. The number of benzene rings is 1. The summed E-state index contributed by atoms with van der Waals surface area (Å²) in [5, 5.41) is 2.97. The number of ether oxygens (including phenoxy) is 1. The van der Waals surface area contributed by atoms with E-state index < -0.39 is 0 Å². The Bertz CT molecular complexity index is 388. The summed E-state index contributed by atoms with van der Waals surface area (Å²) in [4.78, 5) is 12.1. The molecule has 3 heteroatoms. The molecule has 1 aromatic carbocycles. The van der Waals surface area contributed by atoms with E-state index in [0.717, 1.165) is 18.5 Å². The van der Waals surface area contributed by atoms with Gasteiger partial charge in [-0.1, -0.05) is 26.0 Å². The zero-order valence-corrected chi connectivity index (χ0v) is 10.5. The van der Waals surface area contributed by atoms with Gasteiger partial charge in [0.25, 0.3) is 0 Å². The molecular weight excluding hydrogens is 214 g/mol. The first-order chi connectivity index (χ1) is 8.20. The van der Waals surface area contributed by atoms with Crippen LogP contribution in [0.3, 0.4) is 0 Å². The molecule has 1 aromatic rings. The second-order valence-corrected chi connectivity index (χ2v) is 4.63. The topological polar surface area (TPSA) is 38.3 Å². The third kappa shape index (κ3) is 2.34. The Kier molecular flexibility index (Phi) is 3.48. The van der Waals surface area contributed by atoms with E-state index in [9.17, 15) is 4.79 Å². The SMILES string of the molecule is CCc1ccc(NC(=O)C2(CC)COC2)cc1. The predicted molar refractivity (Wildman–Crippen MR) is 68.0 cm³/mol. The van der Waals surface area contributed by atoms with Gasteiger partial charge in [-0.05, 0) is 30.5 Å². The molecule has 1 aliphatic rings. The van der Waals surface area contributed by atoms with E-state index in [1.54, 1.807) is 0 Å². The quantitative estimate of drug-likeness (QED) is 0.868. The summed E-state index contributed by atoms with van der Waals surface area (Å²) < 4.78 is 5.16. The lowest BCUT2D eigenvalue weighted by atomic mass is 9.82. The Hall–Kier alpha value is -1.35. The van der Waals surface area contributed by atoms with Gasteiger partial charge in [-0.15, -0.1) is 0 Å². The Morgan fingerprint density at radius 1 is 1.29 bits per heavy atom. The standard InChI is InChI=1S/C14H19NO2/c1-3-11-5-7-12(8-6-11)15-13(16)14(4-2)9-17-10-14/h5-8H,3-4,9-10H2,1-2H3,(H,15,16). The second-order valence-electron chi connectivity index (χ2n) is 4.63. The lowest BCUT2D eigenvalue weighted by molar-refractivity contribution is -0.156. The molecule has 0 aliphatic carbocycles. The highest BCUT2D eigenvalue weighted by atomic mass is 16.5. The average molecular weight is 233 g/mol. The van der Waals surface area contributed by atoms with Crippen LogP contribution in [-0.2, 0) is 16.0 Å². The fourth-order valence-electron chi connectivity index (χ4n) is 1.93. The normalized spacial score (nSPS) is 17.3. The molecule has 1 aliphatic heterocycles. The molecule has 1 N–H and O–H groups in total. The van der Waals surface area contributed by atoms with Crippen molar-refractivity contribution in [3.05, 3.63) is 29.8 Å². The highest BCUT2D eigenvalue weighted by Crippen LogP contribution is 2.32. The minimum atomic E-state index is -0.302. The maximum Gasteiger partial charge on any atom is 0.235 e. The molecule has 2 rings (SSSR count). The van der Waals surface area contributed by atoms with Crippen LogP contribution in [0.4, 0.5) is 5.69 Å². The van der Waals surface area contributed by atoms with E-state index >= 15 is 0 Å². The molecule has 3 nitrogen and oxygen atoms in total. The summed E-state index contributed by atoms with van der Waals surface area (Å²) in [5.41, 5.74) is 1.84. The molecule has 92 valence electrons. The largest absolute Gasteiger partial charge is 0.379 e. The van der Waals surface area contributed by atoms with Gasteiger partial charge in [0.2, 0.25) is 5.91 Å². The lowest BCUT2D eigenvalue weighted by Gasteiger charge is -2.38. The molecule has 1 fully saturated rings. The Morgan fingerprint density at radius 2 is 1.94 bits per heavy atom. The lowest BCUT2D eigenvalue weighted by Crippen LogP contribution is -2.51. The van der Waals surface area contributed by atoms with Gasteiger partial charge in [-0.25, -0.2) is 0 Å². The van der Waals surface area contributed by atoms with E-state index in [0.29, 0.717) is 13.2 Å². The smallest absolute Gasteiger partial charge is 0.235 e. The Labute approximate surface area is 102 Å². The summed E-state index contributed by atoms with van der Waals surface area (Å²) in [6.07, 6.45) is 1.84. The van der Waals surface area contributed by atoms with Gasteiger partial charge in [0.15, 0.2) is 0 Å². The molecule has 1 saturated heterocycles. The third-order valence-electron chi connectivity index (χ3n) is 3.54. The van der Waals surface area contributed by atoms with Crippen molar-refractivity contribution in [2.24, 2.45) is 5.41 Å². The first-order valence-electron chi connectivity index (χ1n) is 6.18. The highest BCUT2D eigenvalue weighted by Gasteiger charge is 2.44. The van der Waals surface area contributed by atoms with Crippen molar-refractivity contribution in [2.75, 3.05) is 18.5 Å². The molecule has 0 radical (unpaired) electrons. The van der Waals surface area contributed by atoms with Crippen molar-refractivity contribution in [2.45, 2.75) is 26.7 Å². The number of hydrogen-bond donors (Lipinski definition) is 1. The van der Waals surface area contributed by atoms with Crippen LogP contribution in [0, 0.1) is 5.41 Å². The number of anilines is 1. The maximum absolute atomic E-state index is 12.1. The second kappa shape index (κ2) is 4.88. The first kappa shape index (κ1) is 12.1. The minimum absolute atomic E-state index is 0.0792. The van der Waals surface area contributed by atoms with Crippen LogP contribution in [0.15, 0.2) is 24.3 Å². The maximum atomic E-state index is 12.1. The van der Waals surface area contributed by atoms with Crippen molar-refractivity contribution in [3.63, 3.8) is 0 Å². The molecular formula is C14H19NO2. The van der Waals surface area contributed by atoms with Crippen LogP contribution in [-0.4, -0.2) is 19.1 Å². The van der Waals surface area contributed by atoms with Crippen LogP contribution in [0.5, 0.6) is 0 Å². The molecule has 0 saturated carbocycles. The fourth-order valence-corrected chi connectivity index (χ4v) is 1.93. The van der Waals surface area contributed by atoms with Gasteiger partial charge in [-0.2, -0.15) is 0 Å². The van der Waals surface area contributed by atoms with Crippen molar-refractivity contribution in [1.82, 2.24) is 0 Å². The first-order valence-corrected chi connectivity index (χ1v) is 6.18. The zero-order chi connectivity index (χ0) is 12.3. The van der Waals surface area contributed by atoms with Crippen LogP contribution in [0.2, 0.25) is 0 Å². The van der Waals surface area contributed by atoms with E-state index in [4.69, 9.17) is 4.74 Å². The van der Waals surface area contributed by atoms with Gasteiger partial charge < -0.3 is 10.1 Å². The number of hydrogen-bond acceptors (Lipinski definition) is 2. The van der Waals surface area contributed by atoms with Crippen molar-refractivity contribution < 1.29 is 9.53 Å². The van der Waals surface area contributed by atoms with Crippen LogP contribution in [0.1, 0.15) is 25.8 Å². The molecule has 0 aromatic heterocycles. The number of amides is 1. The van der Waals surface area contributed by atoms with E-state index in [2.05, 4.69) is 12.2 Å². The molecule has 0 atom stereocenters. The Morgan fingerprint density at radius 3 is 2.35 bits per heavy atom. The van der Waals surface area contributed by atoms with Gasteiger partial charge in [0.05, 0.1) is 18.6 Å². The fraction of sp³-hybridized carbons (Fsp3) is 0.500. The van der Waals surface area contributed by atoms with Gasteiger partial charge in [0.1, 0.15) is 0 Å². The number of nitrogens with one attached hydrogen (secondary N) is 1. The summed E-state index contributed by atoms with van der Waals surface area (Å²) in [7, 11) is 0. The number of carbonyl (C=O) groups is 1. The molecule has 0 bridgehead atoms. The van der Waals surface area contributed by atoms with Crippen LogP contribution in [0.25, 0.3) is 0 Å². The minimum Gasteiger partial charge on any atom is -0.379 e. The van der Waals surface area contributed by atoms with Gasteiger partial charge in [-0.3, -0.25) is 4.79 Å². The molecule has 0 spiro atoms. The highest BCUT2D eigenvalue weighted by molar-refractivity contribution is 5.96. The van der Waals surface area contributed by atoms with E-state index in [1.807, 2.05) is 31.2 Å². The molecule has 1 heterocycles. The molecule has 1 amide bonds. The van der Waals surface area contributed by atoms with Crippen molar-refractivity contribution >= 4 is 11.6 Å². The van der Waals surface area contributed by atoms with E-state index in [1.165, 1.54) is 5.56 Å². The van der Waals surface area contributed by atoms with E-state index in [-0.39, 0.29) is 11.3 Å². The molecule has 17 heavy (non-hydrogen) atoms. The summed E-state index contributed by atoms with van der Waals surface area (Å²) in [5.74, 6) is 0.0792. The summed E-state index contributed by atoms with van der Waals surface area (Å²) in [6, 6.07) is 8.01. The summed E-state index contributed by atoms with van der Waals surface area (Å²) >= 11 is 0.